The Kier molecular flexibility index (Phi) is 3.28. The van der Waals surface area contributed by atoms with E-state index in [1.165, 1.54) is 13.2 Å². The second kappa shape index (κ2) is 4.69. The van der Waals surface area contributed by atoms with Gasteiger partial charge < -0.3 is 9.84 Å². The summed E-state index contributed by atoms with van der Waals surface area (Å²) in [6.45, 7) is 0. The number of methoxy groups -OCH3 is 1. The molecule has 0 radical (unpaired) electrons. The molecule has 1 saturated heterocycles. The Morgan fingerprint density at radius 2 is 2.44 bits per heavy atom. The number of rotatable bonds is 3. The second-order valence-corrected chi connectivity index (χ2v) is 4.67. The number of carboxylic acid groups (broad SMARTS) is 1. The lowest BCUT2D eigenvalue weighted by molar-refractivity contribution is 0.0689. The molecule has 0 bridgehead atoms. The van der Waals surface area contributed by atoms with Crippen LogP contribution in [0, 0.1) is 0 Å². The third kappa shape index (κ3) is 2.27. The summed E-state index contributed by atoms with van der Waals surface area (Å²) in [5, 5.41) is 8.92. The number of hydrogen-bond donors (Lipinski definition) is 1. The molecule has 0 saturated carbocycles. The first-order valence-electron chi connectivity index (χ1n) is 4.94. The average molecular weight is 240 g/mol. The van der Waals surface area contributed by atoms with Gasteiger partial charge in [0.25, 0.3) is 0 Å². The molecule has 0 aromatic carbocycles. The van der Waals surface area contributed by atoms with Crippen molar-refractivity contribution in [1.82, 2.24) is 9.97 Å². The van der Waals surface area contributed by atoms with E-state index in [1.54, 1.807) is 0 Å². The number of ether oxygens (including phenoxy) is 1. The van der Waals surface area contributed by atoms with Gasteiger partial charge >= 0.3 is 5.97 Å². The molecule has 1 aromatic rings. The van der Waals surface area contributed by atoms with Crippen LogP contribution >= 0.6 is 11.8 Å². The quantitative estimate of drug-likeness (QED) is 0.861. The highest BCUT2D eigenvalue weighted by atomic mass is 32.2. The lowest BCUT2D eigenvalue weighted by atomic mass is 10.1. The number of hydrogen-bond acceptors (Lipinski definition) is 5. The van der Waals surface area contributed by atoms with Crippen LogP contribution < -0.4 is 4.74 Å². The molecule has 16 heavy (non-hydrogen) atoms. The van der Waals surface area contributed by atoms with Gasteiger partial charge in [0.2, 0.25) is 5.88 Å². The summed E-state index contributed by atoms with van der Waals surface area (Å²) >= 11 is 1.84. The topological polar surface area (TPSA) is 72.3 Å². The molecule has 0 spiro atoms. The second-order valence-electron chi connectivity index (χ2n) is 3.52. The van der Waals surface area contributed by atoms with Gasteiger partial charge in [-0.1, -0.05) is 0 Å². The van der Waals surface area contributed by atoms with Crippen LogP contribution in [0.1, 0.15) is 28.7 Å². The Hall–Kier alpha value is -1.30. The summed E-state index contributed by atoms with van der Waals surface area (Å²) in [6, 6.07) is 1.34. The molecule has 1 atom stereocenters. The van der Waals surface area contributed by atoms with Gasteiger partial charge in [-0.2, -0.15) is 16.7 Å². The van der Waals surface area contributed by atoms with E-state index in [-0.39, 0.29) is 11.6 Å². The summed E-state index contributed by atoms with van der Waals surface area (Å²) in [6.07, 6.45) is 0.997. The summed E-state index contributed by atoms with van der Waals surface area (Å²) in [5.41, 5.74) is -0.00116. The van der Waals surface area contributed by atoms with Gasteiger partial charge in [0.05, 0.1) is 7.11 Å². The van der Waals surface area contributed by atoms with Crippen LogP contribution in [-0.4, -0.2) is 39.7 Å². The molecule has 1 unspecified atom stereocenters. The lowest BCUT2D eigenvalue weighted by Crippen LogP contribution is -2.10. The van der Waals surface area contributed by atoms with E-state index >= 15 is 0 Å². The maximum Gasteiger partial charge on any atom is 0.354 e. The Balaban J connectivity index is 2.35. The minimum atomic E-state index is -1.05. The third-order valence-electron chi connectivity index (χ3n) is 2.44. The fraction of sp³-hybridized carbons (Fsp3) is 0.500. The monoisotopic (exact) mass is 240 g/mol. The largest absolute Gasteiger partial charge is 0.481 e. The van der Waals surface area contributed by atoms with Crippen molar-refractivity contribution in [3.05, 3.63) is 17.6 Å². The SMILES string of the molecule is COc1cc(C(=O)O)nc(C2CCSC2)n1. The fourth-order valence-electron chi connectivity index (χ4n) is 1.58. The molecule has 5 nitrogen and oxygen atoms in total. The highest BCUT2D eigenvalue weighted by Gasteiger charge is 2.22. The number of aromatic nitrogens is 2. The van der Waals surface area contributed by atoms with Crippen LogP contribution in [0.3, 0.4) is 0 Å². The molecule has 1 aliphatic heterocycles. The van der Waals surface area contributed by atoms with Gasteiger partial charge in [-0.3, -0.25) is 0 Å². The predicted octanol–water partition coefficient (Wildman–Crippen LogP) is 1.40. The lowest BCUT2D eigenvalue weighted by Gasteiger charge is -2.09. The first kappa shape index (κ1) is 11.2. The van der Waals surface area contributed by atoms with Gasteiger partial charge in [0, 0.05) is 17.7 Å². The summed E-state index contributed by atoms with van der Waals surface area (Å²) < 4.78 is 4.98. The van der Waals surface area contributed by atoms with E-state index in [4.69, 9.17) is 9.84 Å². The molecule has 1 N–H and O–H groups in total. The molecule has 1 fully saturated rings. The molecule has 0 aliphatic carbocycles. The molecule has 1 aliphatic rings. The van der Waals surface area contributed by atoms with Gasteiger partial charge in [-0.25, -0.2) is 9.78 Å². The number of thioether (sulfide) groups is 1. The van der Waals surface area contributed by atoms with E-state index in [0.717, 1.165) is 17.9 Å². The van der Waals surface area contributed by atoms with E-state index < -0.39 is 5.97 Å². The van der Waals surface area contributed by atoms with Gasteiger partial charge in [0.1, 0.15) is 5.82 Å². The molecule has 0 amide bonds. The number of carboxylic acids is 1. The van der Waals surface area contributed by atoms with E-state index in [1.807, 2.05) is 11.8 Å². The van der Waals surface area contributed by atoms with Gasteiger partial charge in [0.15, 0.2) is 5.69 Å². The third-order valence-corrected chi connectivity index (χ3v) is 3.61. The highest BCUT2D eigenvalue weighted by Crippen LogP contribution is 2.31. The number of nitrogens with zero attached hydrogens (tertiary/aromatic N) is 2. The van der Waals surface area contributed by atoms with Crippen LogP contribution in [0.15, 0.2) is 6.07 Å². The van der Waals surface area contributed by atoms with E-state index in [2.05, 4.69) is 9.97 Å². The van der Waals surface area contributed by atoms with Crippen LogP contribution in [-0.2, 0) is 0 Å². The van der Waals surface area contributed by atoms with Crippen LogP contribution in [0.4, 0.5) is 0 Å². The molecular formula is C10H12N2O3S. The van der Waals surface area contributed by atoms with Crippen molar-refractivity contribution in [2.75, 3.05) is 18.6 Å². The minimum Gasteiger partial charge on any atom is -0.481 e. The van der Waals surface area contributed by atoms with E-state index in [0.29, 0.717) is 11.7 Å². The first-order chi connectivity index (χ1) is 7.70. The highest BCUT2D eigenvalue weighted by molar-refractivity contribution is 7.99. The Bertz CT molecular complexity index is 405. The molecule has 6 heteroatoms. The Labute approximate surface area is 97.2 Å². The summed E-state index contributed by atoms with van der Waals surface area (Å²) in [7, 11) is 1.47. The summed E-state index contributed by atoms with van der Waals surface area (Å²) in [4.78, 5) is 19.2. The van der Waals surface area contributed by atoms with Crippen molar-refractivity contribution in [1.29, 1.82) is 0 Å². The first-order valence-corrected chi connectivity index (χ1v) is 6.10. The molecule has 1 aromatic heterocycles. The maximum absolute atomic E-state index is 10.9. The Morgan fingerprint density at radius 1 is 1.62 bits per heavy atom. The van der Waals surface area contributed by atoms with E-state index in [9.17, 15) is 4.79 Å². The zero-order valence-electron chi connectivity index (χ0n) is 8.84. The van der Waals surface area contributed by atoms with Crippen LogP contribution in [0.5, 0.6) is 5.88 Å². The molecule has 86 valence electrons. The number of aromatic carboxylic acids is 1. The van der Waals surface area contributed by atoms with Crippen molar-refractivity contribution in [3.8, 4) is 5.88 Å². The van der Waals surface area contributed by atoms with Gasteiger partial charge in [-0.15, -0.1) is 0 Å². The summed E-state index contributed by atoms with van der Waals surface area (Å²) in [5.74, 6) is 2.13. The molecule has 2 rings (SSSR count). The minimum absolute atomic E-state index is 0.00116. The maximum atomic E-state index is 10.9. The fourth-order valence-corrected chi connectivity index (χ4v) is 2.80. The smallest absolute Gasteiger partial charge is 0.354 e. The average Bonchev–Trinajstić information content (AvgIpc) is 2.81. The van der Waals surface area contributed by atoms with Crippen LogP contribution in [0.25, 0.3) is 0 Å². The van der Waals surface area contributed by atoms with Crippen molar-refractivity contribution in [2.24, 2.45) is 0 Å². The van der Waals surface area contributed by atoms with Crippen LogP contribution in [0.2, 0.25) is 0 Å². The standard InChI is InChI=1S/C10H12N2O3S/c1-15-8-4-7(10(13)14)11-9(12-8)6-2-3-16-5-6/h4,6H,2-3,5H2,1H3,(H,13,14). The van der Waals surface area contributed by atoms with Gasteiger partial charge in [-0.05, 0) is 12.2 Å². The number of carbonyl (C=O) groups is 1. The normalized spacial score (nSPS) is 19.7. The Morgan fingerprint density at radius 3 is 3.00 bits per heavy atom. The zero-order valence-corrected chi connectivity index (χ0v) is 9.66. The van der Waals surface area contributed by atoms with Crippen molar-refractivity contribution in [3.63, 3.8) is 0 Å². The predicted molar refractivity (Wildman–Crippen MR) is 60.2 cm³/mol. The zero-order chi connectivity index (χ0) is 11.5. The molecule has 2 heterocycles. The van der Waals surface area contributed by atoms with Crippen molar-refractivity contribution < 1.29 is 14.6 Å². The molecular weight excluding hydrogens is 228 g/mol. The van der Waals surface area contributed by atoms with Crippen molar-refractivity contribution in [2.45, 2.75) is 12.3 Å². The van der Waals surface area contributed by atoms with Crippen molar-refractivity contribution >= 4 is 17.7 Å².